The van der Waals surface area contributed by atoms with E-state index in [0.717, 1.165) is 5.56 Å². The number of nitrogens with one attached hydrogen (secondary N) is 2. The molecule has 0 saturated carbocycles. The lowest BCUT2D eigenvalue weighted by molar-refractivity contribution is -0.130. The Labute approximate surface area is 120 Å². The fraction of sp³-hybridized carbons (Fsp3) is 0.375. The maximum atomic E-state index is 11.8. The molecule has 0 aliphatic rings. The first kappa shape index (κ1) is 16.0. The largest absolute Gasteiger partial charge is 0.357 e. The molecule has 0 bridgehead atoms. The molecule has 0 aliphatic carbocycles. The van der Waals surface area contributed by atoms with Gasteiger partial charge in [-0.15, -0.1) is 0 Å². The summed E-state index contributed by atoms with van der Waals surface area (Å²) < 4.78 is 0. The number of carbonyl (C=O) groups is 2. The zero-order chi connectivity index (χ0) is 15.0. The average Bonchev–Trinajstić information content (AvgIpc) is 2.46. The standard InChI is InChI=1S/C16H22N2O2/c1-12(2)15(19)18-14(16(20)17-3)11-7-10-13-8-5-4-6-9-13/h4-10,12,14H,11H2,1-3H3,(H,17,20)(H,18,19)/b10-7+. The van der Waals surface area contributed by atoms with Gasteiger partial charge in [-0.2, -0.15) is 0 Å². The van der Waals surface area contributed by atoms with Crippen molar-refractivity contribution in [2.75, 3.05) is 7.05 Å². The highest BCUT2D eigenvalue weighted by Crippen LogP contribution is 2.04. The molecule has 0 aliphatic heterocycles. The summed E-state index contributed by atoms with van der Waals surface area (Å²) in [7, 11) is 1.57. The van der Waals surface area contributed by atoms with Crippen molar-refractivity contribution in [2.24, 2.45) is 5.92 Å². The minimum absolute atomic E-state index is 0.119. The molecule has 0 spiro atoms. The van der Waals surface area contributed by atoms with Crippen molar-refractivity contribution < 1.29 is 9.59 Å². The van der Waals surface area contributed by atoms with Crippen molar-refractivity contribution in [3.63, 3.8) is 0 Å². The fourth-order valence-corrected chi connectivity index (χ4v) is 1.65. The van der Waals surface area contributed by atoms with Crippen LogP contribution in [0.4, 0.5) is 0 Å². The van der Waals surface area contributed by atoms with Crippen LogP contribution in [0.3, 0.4) is 0 Å². The molecule has 1 aromatic rings. The summed E-state index contributed by atoms with van der Waals surface area (Å²) >= 11 is 0. The monoisotopic (exact) mass is 274 g/mol. The van der Waals surface area contributed by atoms with Crippen molar-refractivity contribution >= 4 is 17.9 Å². The Morgan fingerprint density at radius 2 is 1.80 bits per heavy atom. The van der Waals surface area contributed by atoms with Gasteiger partial charge in [-0.3, -0.25) is 9.59 Å². The second kappa shape index (κ2) is 8.15. The summed E-state index contributed by atoms with van der Waals surface area (Å²) in [5.74, 6) is -0.441. The summed E-state index contributed by atoms with van der Waals surface area (Å²) in [6.45, 7) is 3.60. The number of amides is 2. The molecule has 1 unspecified atom stereocenters. The predicted molar refractivity (Wildman–Crippen MR) is 80.9 cm³/mol. The lowest BCUT2D eigenvalue weighted by Crippen LogP contribution is -2.46. The Morgan fingerprint density at radius 3 is 2.35 bits per heavy atom. The van der Waals surface area contributed by atoms with Crippen molar-refractivity contribution in [1.82, 2.24) is 10.6 Å². The van der Waals surface area contributed by atoms with Gasteiger partial charge in [0.2, 0.25) is 11.8 Å². The first-order valence-electron chi connectivity index (χ1n) is 6.78. The molecule has 1 atom stereocenters. The highest BCUT2D eigenvalue weighted by atomic mass is 16.2. The van der Waals surface area contributed by atoms with Crippen LogP contribution in [0.1, 0.15) is 25.8 Å². The minimum Gasteiger partial charge on any atom is -0.357 e. The van der Waals surface area contributed by atoms with Crippen LogP contribution in [0.2, 0.25) is 0 Å². The van der Waals surface area contributed by atoms with Crippen LogP contribution in [-0.4, -0.2) is 24.9 Å². The third kappa shape index (κ3) is 5.26. The Bertz CT molecular complexity index is 467. The van der Waals surface area contributed by atoms with Crippen LogP contribution in [0.15, 0.2) is 36.4 Å². The highest BCUT2D eigenvalue weighted by molar-refractivity contribution is 5.88. The zero-order valence-electron chi connectivity index (χ0n) is 12.2. The van der Waals surface area contributed by atoms with Gasteiger partial charge in [0.25, 0.3) is 0 Å². The molecule has 0 saturated heterocycles. The number of benzene rings is 1. The van der Waals surface area contributed by atoms with Crippen LogP contribution < -0.4 is 10.6 Å². The molecule has 4 nitrogen and oxygen atoms in total. The fourth-order valence-electron chi connectivity index (χ4n) is 1.65. The van der Waals surface area contributed by atoms with Gasteiger partial charge in [0.05, 0.1) is 0 Å². The smallest absolute Gasteiger partial charge is 0.242 e. The Balaban J connectivity index is 2.63. The number of likely N-dealkylation sites (N-methyl/N-ethyl adjacent to an activating group) is 1. The van der Waals surface area contributed by atoms with E-state index in [0.29, 0.717) is 6.42 Å². The molecule has 4 heteroatoms. The SMILES string of the molecule is CNC(=O)C(C/C=C/c1ccccc1)NC(=O)C(C)C. The van der Waals surface area contributed by atoms with E-state index in [-0.39, 0.29) is 17.7 Å². The van der Waals surface area contributed by atoms with Gasteiger partial charge >= 0.3 is 0 Å². The number of rotatable bonds is 6. The Morgan fingerprint density at radius 1 is 1.15 bits per heavy atom. The second-order valence-electron chi connectivity index (χ2n) is 4.88. The molecule has 0 radical (unpaired) electrons. The van der Waals surface area contributed by atoms with Crippen molar-refractivity contribution in [3.05, 3.63) is 42.0 Å². The molecule has 2 amide bonds. The molecule has 0 aromatic heterocycles. The van der Waals surface area contributed by atoms with Gasteiger partial charge in [0, 0.05) is 13.0 Å². The third-order valence-electron chi connectivity index (χ3n) is 2.89. The van der Waals surface area contributed by atoms with E-state index in [4.69, 9.17) is 0 Å². The van der Waals surface area contributed by atoms with Crippen molar-refractivity contribution in [3.8, 4) is 0 Å². The Kier molecular flexibility index (Phi) is 6.50. The molecule has 1 aromatic carbocycles. The van der Waals surface area contributed by atoms with E-state index in [2.05, 4.69) is 10.6 Å². The maximum Gasteiger partial charge on any atom is 0.242 e. The van der Waals surface area contributed by atoms with E-state index < -0.39 is 6.04 Å². The number of carbonyl (C=O) groups excluding carboxylic acids is 2. The minimum atomic E-state index is -0.533. The van der Waals surface area contributed by atoms with Gasteiger partial charge < -0.3 is 10.6 Å². The van der Waals surface area contributed by atoms with Crippen LogP contribution >= 0.6 is 0 Å². The molecular weight excluding hydrogens is 252 g/mol. The first-order valence-corrected chi connectivity index (χ1v) is 6.78. The topological polar surface area (TPSA) is 58.2 Å². The molecule has 108 valence electrons. The van der Waals surface area contributed by atoms with Crippen LogP contribution in [0.25, 0.3) is 6.08 Å². The summed E-state index contributed by atoms with van der Waals surface area (Å²) in [5, 5.41) is 5.32. The van der Waals surface area contributed by atoms with Gasteiger partial charge in [-0.1, -0.05) is 56.3 Å². The molecule has 1 rings (SSSR count). The average molecular weight is 274 g/mol. The van der Waals surface area contributed by atoms with E-state index in [1.807, 2.05) is 42.5 Å². The van der Waals surface area contributed by atoms with E-state index in [9.17, 15) is 9.59 Å². The number of hydrogen-bond donors (Lipinski definition) is 2. The third-order valence-corrected chi connectivity index (χ3v) is 2.89. The highest BCUT2D eigenvalue weighted by Gasteiger charge is 2.19. The molecule has 20 heavy (non-hydrogen) atoms. The summed E-state index contributed by atoms with van der Waals surface area (Å²) in [5.41, 5.74) is 1.07. The normalized spacial score (nSPS) is 12.4. The van der Waals surface area contributed by atoms with Crippen LogP contribution in [0, 0.1) is 5.92 Å². The molecular formula is C16H22N2O2. The summed E-state index contributed by atoms with van der Waals surface area (Å²) in [6, 6.07) is 9.30. The van der Waals surface area contributed by atoms with Crippen molar-refractivity contribution in [2.45, 2.75) is 26.3 Å². The number of hydrogen-bond acceptors (Lipinski definition) is 2. The van der Waals surface area contributed by atoms with E-state index in [1.165, 1.54) is 0 Å². The van der Waals surface area contributed by atoms with Crippen LogP contribution in [0.5, 0.6) is 0 Å². The Hall–Kier alpha value is -2.10. The van der Waals surface area contributed by atoms with E-state index >= 15 is 0 Å². The molecule has 0 fully saturated rings. The van der Waals surface area contributed by atoms with Gasteiger partial charge in [0.1, 0.15) is 6.04 Å². The summed E-state index contributed by atoms with van der Waals surface area (Å²) in [4.78, 5) is 23.4. The second-order valence-corrected chi connectivity index (χ2v) is 4.88. The maximum absolute atomic E-state index is 11.8. The zero-order valence-corrected chi connectivity index (χ0v) is 12.2. The summed E-state index contributed by atoms with van der Waals surface area (Å²) in [6.07, 6.45) is 4.31. The molecule has 0 heterocycles. The van der Waals surface area contributed by atoms with Gasteiger partial charge in [-0.25, -0.2) is 0 Å². The lowest BCUT2D eigenvalue weighted by atomic mass is 10.1. The van der Waals surface area contributed by atoms with Crippen molar-refractivity contribution in [1.29, 1.82) is 0 Å². The lowest BCUT2D eigenvalue weighted by Gasteiger charge is -2.17. The van der Waals surface area contributed by atoms with Gasteiger partial charge in [0.15, 0.2) is 0 Å². The predicted octanol–water partition coefficient (Wildman–Crippen LogP) is 1.98. The molecule has 2 N–H and O–H groups in total. The first-order chi connectivity index (χ1) is 9.54. The van der Waals surface area contributed by atoms with Crippen LogP contribution in [-0.2, 0) is 9.59 Å². The van der Waals surface area contributed by atoms with E-state index in [1.54, 1.807) is 20.9 Å². The quantitative estimate of drug-likeness (QED) is 0.833. The van der Waals surface area contributed by atoms with Gasteiger partial charge in [-0.05, 0) is 12.0 Å².